The number of aryl methyl sites for hydroxylation is 1. The van der Waals surface area contributed by atoms with Crippen LogP contribution >= 0.6 is 0 Å². The predicted molar refractivity (Wildman–Crippen MR) is 54.8 cm³/mol. The van der Waals surface area contributed by atoms with Crippen molar-refractivity contribution in [2.45, 2.75) is 19.5 Å². The third-order valence-corrected chi connectivity index (χ3v) is 2.18. The Morgan fingerprint density at radius 3 is 2.13 bits per heavy atom. The first-order chi connectivity index (χ1) is 7.14. The van der Waals surface area contributed by atoms with Crippen LogP contribution in [0, 0.1) is 6.92 Å². The predicted octanol–water partition coefficient (Wildman–Crippen LogP) is 1.84. The van der Waals surface area contributed by atoms with Crippen LogP contribution in [0.3, 0.4) is 0 Å². The van der Waals surface area contributed by atoms with E-state index < -0.39 is 5.66 Å². The van der Waals surface area contributed by atoms with Crippen molar-refractivity contribution in [1.29, 1.82) is 0 Å². The lowest BCUT2D eigenvalue weighted by atomic mass is 9.98. The molecule has 0 fully saturated rings. The van der Waals surface area contributed by atoms with Crippen molar-refractivity contribution < 1.29 is 9.59 Å². The van der Waals surface area contributed by atoms with Gasteiger partial charge in [0.1, 0.15) is 0 Å². The molecule has 0 N–H and O–H groups in total. The van der Waals surface area contributed by atoms with Gasteiger partial charge in [-0.3, -0.25) is 0 Å². The number of hydrogen-bond acceptors (Lipinski definition) is 4. The fourth-order valence-electron chi connectivity index (χ4n) is 1.43. The van der Waals surface area contributed by atoms with Gasteiger partial charge in [0.15, 0.2) is 5.66 Å². The number of benzene rings is 1. The van der Waals surface area contributed by atoms with E-state index in [9.17, 15) is 9.59 Å². The second kappa shape index (κ2) is 4.47. The monoisotopic (exact) mass is 202 g/mol. The van der Waals surface area contributed by atoms with E-state index >= 15 is 0 Å². The Morgan fingerprint density at radius 1 is 1.13 bits per heavy atom. The van der Waals surface area contributed by atoms with Gasteiger partial charge >= 0.3 is 0 Å². The fraction of sp³-hybridized carbons (Fsp3) is 0.273. The third-order valence-electron chi connectivity index (χ3n) is 2.18. The van der Waals surface area contributed by atoms with Crippen molar-refractivity contribution in [1.82, 2.24) is 0 Å². The molecule has 0 spiro atoms. The zero-order chi connectivity index (χ0) is 11.3. The topological polar surface area (TPSA) is 58.9 Å². The van der Waals surface area contributed by atoms with E-state index in [4.69, 9.17) is 0 Å². The molecular weight excluding hydrogens is 192 g/mol. The minimum absolute atomic E-state index is 0.691. The summed E-state index contributed by atoms with van der Waals surface area (Å²) in [6, 6.07) is 7.26. The molecule has 0 bridgehead atoms. The normalized spacial score (nSPS) is 13.2. The summed E-state index contributed by atoms with van der Waals surface area (Å²) >= 11 is 0. The van der Waals surface area contributed by atoms with Crippen LogP contribution in [0.5, 0.6) is 0 Å². The second-order valence-corrected chi connectivity index (χ2v) is 3.24. The molecule has 0 unspecified atom stereocenters. The van der Waals surface area contributed by atoms with E-state index in [2.05, 4.69) is 9.98 Å². The molecule has 0 atom stereocenters. The van der Waals surface area contributed by atoms with Crippen molar-refractivity contribution in [3.63, 3.8) is 0 Å². The highest BCUT2D eigenvalue weighted by atomic mass is 16.1. The van der Waals surface area contributed by atoms with Gasteiger partial charge in [0.2, 0.25) is 12.2 Å². The summed E-state index contributed by atoms with van der Waals surface area (Å²) in [7, 11) is 0. The number of nitrogens with zero attached hydrogens (tertiary/aromatic N) is 2. The Kier molecular flexibility index (Phi) is 3.29. The molecule has 76 valence electrons. The summed E-state index contributed by atoms with van der Waals surface area (Å²) in [5, 5.41) is 0. The average molecular weight is 202 g/mol. The zero-order valence-electron chi connectivity index (χ0n) is 8.52. The largest absolute Gasteiger partial charge is 0.237 e. The highest BCUT2D eigenvalue weighted by Crippen LogP contribution is 2.28. The summed E-state index contributed by atoms with van der Waals surface area (Å²) < 4.78 is 0. The molecule has 1 aromatic rings. The van der Waals surface area contributed by atoms with Crippen molar-refractivity contribution in [3.05, 3.63) is 35.4 Å². The molecule has 0 saturated carbocycles. The molecule has 0 aliphatic rings. The Balaban J connectivity index is 3.39. The van der Waals surface area contributed by atoms with Gasteiger partial charge in [0.25, 0.3) is 0 Å². The summed E-state index contributed by atoms with van der Waals surface area (Å²) in [4.78, 5) is 27.7. The van der Waals surface area contributed by atoms with Gasteiger partial charge in [0.05, 0.1) is 0 Å². The summed E-state index contributed by atoms with van der Waals surface area (Å²) in [6.45, 7) is 3.42. The quantitative estimate of drug-likeness (QED) is 0.554. The maximum atomic E-state index is 10.3. The van der Waals surface area contributed by atoms with Crippen molar-refractivity contribution >= 4 is 12.2 Å². The minimum Gasteiger partial charge on any atom is -0.211 e. The molecule has 0 aliphatic carbocycles. The smallest absolute Gasteiger partial charge is 0.211 e. The summed E-state index contributed by atoms with van der Waals surface area (Å²) in [5.41, 5.74) is 0.379. The van der Waals surface area contributed by atoms with Crippen LogP contribution in [-0.2, 0) is 15.3 Å². The SMILES string of the molecule is Cc1ccccc1C(C)(N=C=O)N=C=O. The molecular formula is C11H10N2O2. The van der Waals surface area contributed by atoms with Crippen LogP contribution < -0.4 is 0 Å². The molecule has 0 heterocycles. The van der Waals surface area contributed by atoms with E-state index in [1.807, 2.05) is 19.1 Å². The number of hydrogen-bond donors (Lipinski definition) is 0. The van der Waals surface area contributed by atoms with Crippen molar-refractivity contribution in [2.75, 3.05) is 0 Å². The Bertz CT molecular complexity index is 437. The average Bonchev–Trinajstić information content (AvgIpc) is 2.19. The highest BCUT2D eigenvalue weighted by Gasteiger charge is 2.26. The number of rotatable bonds is 3. The van der Waals surface area contributed by atoms with Crippen LogP contribution in [0.15, 0.2) is 34.3 Å². The first-order valence-corrected chi connectivity index (χ1v) is 4.38. The molecule has 0 aromatic heterocycles. The van der Waals surface area contributed by atoms with E-state index in [1.165, 1.54) is 12.2 Å². The molecule has 4 heteroatoms. The van der Waals surface area contributed by atoms with E-state index in [0.29, 0.717) is 5.56 Å². The Hall–Kier alpha value is -2.02. The van der Waals surface area contributed by atoms with Crippen LogP contribution in [-0.4, -0.2) is 12.2 Å². The summed E-state index contributed by atoms with van der Waals surface area (Å²) in [5.74, 6) is 0. The minimum atomic E-state index is -1.21. The number of aliphatic imine (C=N–C) groups is 2. The number of carbonyl (C=O) groups excluding carboxylic acids is 2. The van der Waals surface area contributed by atoms with Crippen LogP contribution in [0.4, 0.5) is 0 Å². The lowest BCUT2D eigenvalue weighted by Gasteiger charge is -2.18. The highest BCUT2D eigenvalue weighted by molar-refractivity contribution is 5.44. The molecule has 15 heavy (non-hydrogen) atoms. The third kappa shape index (κ3) is 2.26. The van der Waals surface area contributed by atoms with Gasteiger partial charge in [-0.2, -0.15) is 9.98 Å². The molecule has 0 aliphatic heterocycles. The standard InChI is InChI=1S/C11H10N2O2/c1-9-5-3-4-6-10(9)11(2,12-7-14)13-8-15/h3-6H,1-2H3. The lowest BCUT2D eigenvalue weighted by molar-refractivity contribution is 0.491. The molecule has 0 amide bonds. The molecule has 0 radical (unpaired) electrons. The first kappa shape index (κ1) is 11.1. The van der Waals surface area contributed by atoms with Gasteiger partial charge in [-0.1, -0.05) is 24.3 Å². The number of isocyanates is 2. The maximum absolute atomic E-state index is 10.3. The fourth-order valence-corrected chi connectivity index (χ4v) is 1.43. The van der Waals surface area contributed by atoms with Gasteiger partial charge in [-0.05, 0) is 19.4 Å². The zero-order valence-corrected chi connectivity index (χ0v) is 8.52. The Labute approximate surface area is 87.4 Å². The van der Waals surface area contributed by atoms with Crippen LogP contribution in [0.25, 0.3) is 0 Å². The molecule has 1 aromatic carbocycles. The van der Waals surface area contributed by atoms with Crippen molar-refractivity contribution in [3.8, 4) is 0 Å². The molecule has 0 saturated heterocycles. The molecule has 1 rings (SSSR count). The van der Waals surface area contributed by atoms with Crippen molar-refractivity contribution in [2.24, 2.45) is 9.98 Å². The lowest BCUT2D eigenvalue weighted by Crippen LogP contribution is -2.17. The first-order valence-electron chi connectivity index (χ1n) is 4.38. The summed E-state index contributed by atoms with van der Waals surface area (Å²) in [6.07, 6.45) is 2.84. The second-order valence-electron chi connectivity index (χ2n) is 3.24. The van der Waals surface area contributed by atoms with Gasteiger partial charge in [-0.25, -0.2) is 9.59 Å². The van der Waals surface area contributed by atoms with Crippen LogP contribution in [0.1, 0.15) is 18.1 Å². The van der Waals surface area contributed by atoms with Gasteiger partial charge in [0, 0.05) is 5.56 Å². The van der Waals surface area contributed by atoms with E-state index in [1.54, 1.807) is 19.1 Å². The van der Waals surface area contributed by atoms with E-state index in [0.717, 1.165) is 5.56 Å². The van der Waals surface area contributed by atoms with Crippen LogP contribution in [0.2, 0.25) is 0 Å². The maximum Gasteiger partial charge on any atom is 0.237 e. The van der Waals surface area contributed by atoms with Gasteiger partial charge < -0.3 is 0 Å². The molecule has 4 nitrogen and oxygen atoms in total. The van der Waals surface area contributed by atoms with E-state index in [-0.39, 0.29) is 0 Å². The Morgan fingerprint density at radius 2 is 1.67 bits per heavy atom. The van der Waals surface area contributed by atoms with Gasteiger partial charge in [-0.15, -0.1) is 0 Å².